The van der Waals surface area contributed by atoms with Crippen LogP contribution in [0.5, 0.6) is 5.75 Å². The van der Waals surface area contributed by atoms with E-state index in [9.17, 15) is 4.79 Å². The molecule has 0 unspecified atom stereocenters. The zero-order chi connectivity index (χ0) is 14.3. The molecule has 1 saturated heterocycles. The Kier molecular flexibility index (Phi) is 3.54. The van der Waals surface area contributed by atoms with Crippen LogP contribution >= 0.6 is 27.3 Å². The summed E-state index contributed by atoms with van der Waals surface area (Å²) in [6.45, 7) is 0. The Balaban J connectivity index is 1.92. The maximum absolute atomic E-state index is 12.1. The van der Waals surface area contributed by atoms with Gasteiger partial charge in [0.15, 0.2) is 0 Å². The molecule has 1 aromatic carbocycles. The first-order valence-corrected chi connectivity index (χ1v) is 7.70. The van der Waals surface area contributed by atoms with Crippen molar-refractivity contribution in [3.8, 4) is 5.75 Å². The molecule has 1 aliphatic rings. The smallest absolute Gasteiger partial charge is 0.247 e. The summed E-state index contributed by atoms with van der Waals surface area (Å²) in [5.41, 5.74) is 6.81. The van der Waals surface area contributed by atoms with Crippen molar-refractivity contribution in [2.75, 3.05) is 12.0 Å². The molecule has 6 heteroatoms. The molecule has 0 radical (unpaired) electrons. The number of ether oxygens (including phenoxy) is 1. The van der Waals surface area contributed by atoms with Gasteiger partial charge in [-0.2, -0.15) is 0 Å². The number of hydrogen-bond acceptors (Lipinski definition) is 4. The summed E-state index contributed by atoms with van der Waals surface area (Å²) >= 11 is 5.04. The van der Waals surface area contributed by atoms with Crippen LogP contribution in [0.1, 0.15) is 10.9 Å². The lowest BCUT2D eigenvalue weighted by molar-refractivity contribution is -0.126. The second-order valence-corrected chi connectivity index (χ2v) is 7.01. The van der Waals surface area contributed by atoms with Gasteiger partial charge < -0.3 is 15.4 Å². The van der Waals surface area contributed by atoms with Crippen molar-refractivity contribution in [1.82, 2.24) is 0 Å². The van der Waals surface area contributed by atoms with Crippen LogP contribution < -0.4 is 15.4 Å². The van der Waals surface area contributed by atoms with Gasteiger partial charge in [0.25, 0.3) is 0 Å². The van der Waals surface area contributed by atoms with Crippen molar-refractivity contribution in [2.45, 2.75) is 12.1 Å². The van der Waals surface area contributed by atoms with Crippen LogP contribution in [-0.2, 0) is 4.79 Å². The van der Waals surface area contributed by atoms with E-state index < -0.39 is 6.04 Å². The lowest BCUT2D eigenvalue weighted by Gasteiger charge is -2.44. The number of anilines is 1. The maximum atomic E-state index is 12.1. The minimum absolute atomic E-state index is 0.0512. The van der Waals surface area contributed by atoms with Gasteiger partial charge in [-0.1, -0.05) is 0 Å². The molecule has 2 N–H and O–H groups in total. The van der Waals surface area contributed by atoms with Gasteiger partial charge in [0.05, 0.1) is 16.9 Å². The van der Waals surface area contributed by atoms with Gasteiger partial charge in [-0.25, -0.2) is 0 Å². The Hall–Kier alpha value is -1.37. The monoisotopic (exact) mass is 352 g/mol. The third-order valence-corrected chi connectivity index (χ3v) is 5.07. The Morgan fingerprint density at radius 3 is 2.50 bits per heavy atom. The zero-order valence-corrected chi connectivity index (χ0v) is 13.1. The Bertz CT molecular complexity index is 641. The van der Waals surface area contributed by atoms with E-state index in [-0.39, 0.29) is 11.9 Å². The lowest BCUT2D eigenvalue weighted by Crippen LogP contribution is -2.63. The molecule has 0 spiro atoms. The molecule has 4 nitrogen and oxygen atoms in total. The number of methoxy groups -OCH3 is 1. The fourth-order valence-electron chi connectivity index (χ4n) is 2.33. The molecular weight excluding hydrogens is 340 g/mol. The van der Waals surface area contributed by atoms with E-state index in [1.54, 1.807) is 23.3 Å². The zero-order valence-electron chi connectivity index (χ0n) is 10.7. The average Bonchev–Trinajstić information content (AvgIpc) is 2.89. The van der Waals surface area contributed by atoms with Gasteiger partial charge in [-0.3, -0.25) is 4.79 Å². The molecular formula is C14H13BrN2O2S. The molecule has 2 aromatic rings. The highest BCUT2D eigenvalue weighted by Crippen LogP contribution is 2.41. The quantitative estimate of drug-likeness (QED) is 0.864. The van der Waals surface area contributed by atoms with E-state index in [2.05, 4.69) is 15.9 Å². The predicted octanol–water partition coefficient (Wildman–Crippen LogP) is 2.93. The molecule has 3 rings (SSSR count). The molecule has 2 heterocycles. The standard InChI is InChI=1S/C14H13BrN2O2S/c1-19-9-4-2-8(3-5-9)17-13(12(16)14(17)18)10-6-7-11(15)20-10/h2-7,12-13H,16H2,1H3/t12-,13+/m1/s1. The number of halogens is 1. The Morgan fingerprint density at radius 1 is 1.25 bits per heavy atom. The minimum atomic E-state index is -0.470. The van der Waals surface area contributed by atoms with Crippen LogP contribution in [0.3, 0.4) is 0 Å². The summed E-state index contributed by atoms with van der Waals surface area (Å²) in [6, 6.07) is 10.8. The fourth-order valence-corrected chi connectivity index (χ4v) is 3.90. The second-order valence-electron chi connectivity index (χ2n) is 4.52. The van der Waals surface area contributed by atoms with Crippen molar-refractivity contribution in [2.24, 2.45) is 5.73 Å². The second kappa shape index (κ2) is 5.20. The topological polar surface area (TPSA) is 55.6 Å². The van der Waals surface area contributed by atoms with E-state index in [1.165, 1.54) is 0 Å². The molecule has 104 valence electrons. The molecule has 1 fully saturated rings. The Morgan fingerprint density at radius 2 is 1.95 bits per heavy atom. The number of nitrogens with zero attached hydrogens (tertiary/aromatic N) is 1. The van der Waals surface area contributed by atoms with Crippen molar-refractivity contribution < 1.29 is 9.53 Å². The third-order valence-electron chi connectivity index (χ3n) is 3.38. The first-order chi connectivity index (χ1) is 9.61. The number of amides is 1. The van der Waals surface area contributed by atoms with Crippen LogP contribution in [0.25, 0.3) is 0 Å². The van der Waals surface area contributed by atoms with E-state index in [4.69, 9.17) is 10.5 Å². The number of nitrogens with two attached hydrogens (primary N) is 1. The highest BCUT2D eigenvalue weighted by molar-refractivity contribution is 9.11. The molecule has 20 heavy (non-hydrogen) atoms. The number of carbonyl (C=O) groups excluding carboxylic acids is 1. The Labute approximate surface area is 129 Å². The van der Waals surface area contributed by atoms with Gasteiger partial charge in [-0.15, -0.1) is 11.3 Å². The summed E-state index contributed by atoms with van der Waals surface area (Å²) in [5, 5.41) is 0. The first-order valence-electron chi connectivity index (χ1n) is 6.10. The minimum Gasteiger partial charge on any atom is -0.497 e. The van der Waals surface area contributed by atoms with Crippen LogP contribution in [0.4, 0.5) is 5.69 Å². The summed E-state index contributed by atoms with van der Waals surface area (Å²) in [4.78, 5) is 14.9. The number of hydrogen-bond donors (Lipinski definition) is 1. The van der Waals surface area contributed by atoms with E-state index in [1.807, 2.05) is 36.4 Å². The van der Waals surface area contributed by atoms with Crippen molar-refractivity contribution >= 4 is 38.9 Å². The van der Waals surface area contributed by atoms with E-state index in [0.29, 0.717) is 0 Å². The molecule has 0 bridgehead atoms. The van der Waals surface area contributed by atoms with Crippen LogP contribution in [0, 0.1) is 0 Å². The molecule has 0 saturated carbocycles. The van der Waals surface area contributed by atoms with E-state index in [0.717, 1.165) is 20.1 Å². The van der Waals surface area contributed by atoms with Gasteiger partial charge in [0.1, 0.15) is 11.8 Å². The highest BCUT2D eigenvalue weighted by atomic mass is 79.9. The molecule has 1 amide bonds. The lowest BCUT2D eigenvalue weighted by atomic mass is 9.93. The SMILES string of the molecule is COc1ccc(N2C(=O)[C@H](N)[C@@H]2c2ccc(Br)s2)cc1. The van der Waals surface area contributed by atoms with Crippen LogP contribution in [0.15, 0.2) is 40.2 Å². The van der Waals surface area contributed by atoms with Gasteiger partial charge in [-0.05, 0) is 52.3 Å². The molecule has 1 aliphatic heterocycles. The molecule has 2 atom stereocenters. The van der Waals surface area contributed by atoms with E-state index >= 15 is 0 Å². The summed E-state index contributed by atoms with van der Waals surface area (Å²) in [7, 11) is 1.62. The van der Waals surface area contributed by atoms with Crippen LogP contribution in [-0.4, -0.2) is 19.1 Å². The van der Waals surface area contributed by atoms with Crippen molar-refractivity contribution in [1.29, 1.82) is 0 Å². The maximum Gasteiger partial charge on any atom is 0.247 e. The van der Waals surface area contributed by atoms with Gasteiger partial charge in [0, 0.05) is 10.6 Å². The number of carbonyl (C=O) groups is 1. The number of β-lactam (4-membered cyclic amide) rings is 1. The number of benzene rings is 1. The first kappa shape index (κ1) is 13.6. The largest absolute Gasteiger partial charge is 0.497 e. The average molecular weight is 353 g/mol. The number of rotatable bonds is 3. The fraction of sp³-hybridized carbons (Fsp3) is 0.214. The van der Waals surface area contributed by atoms with Crippen molar-refractivity contribution in [3.63, 3.8) is 0 Å². The van der Waals surface area contributed by atoms with Crippen molar-refractivity contribution in [3.05, 3.63) is 45.1 Å². The highest BCUT2D eigenvalue weighted by Gasteiger charge is 2.47. The summed E-state index contributed by atoms with van der Waals surface area (Å²) in [5.74, 6) is 0.714. The molecule has 1 aromatic heterocycles. The van der Waals surface area contributed by atoms with Crippen LogP contribution in [0.2, 0.25) is 0 Å². The summed E-state index contributed by atoms with van der Waals surface area (Å²) < 4.78 is 6.17. The molecule has 0 aliphatic carbocycles. The predicted molar refractivity (Wildman–Crippen MR) is 83.2 cm³/mol. The third kappa shape index (κ3) is 2.13. The number of thiophene rings is 1. The van der Waals surface area contributed by atoms with Gasteiger partial charge >= 0.3 is 0 Å². The normalized spacial score (nSPS) is 21.8. The van der Waals surface area contributed by atoms with Gasteiger partial charge in [0.2, 0.25) is 5.91 Å². The summed E-state index contributed by atoms with van der Waals surface area (Å²) in [6.07, 6.45) is 0.